The SMILES string of the molecule is COP(=O)(O)OC[C@@H]1CC[C@H]([B]C#CCNC(=O)OCCCCOCSSC(C)(C)CCOC(=O)NCCOCCOCCNC(=O)OCC2c3ccccc3C3=CC=CCC32)O1. The zero-order valence-corrected chi connectivity index (χ0v) is 38.9. The van der Waals surface area contributed by atoms with Crippen molar-refractivity contribution in [1.82, 2.24) is 16.0 Å². The fraction of sp³-hybridized carbons (Fsp3) is 0.643. The van der Waals surface area contributed by atoms with E-state index in [0.717, 1.165) is 20.0 Å². The highest BCUT2D eigenvalue weighted by molar-refractivity contribution is 8.77. The van der Waals surface area contributed by atoms with Crippen molar-refractivity contribution in [3.8, 4) is 11.7 Å². The van der Waals surface area contributed by atoms with Gasteiger partial charge in [0.2, 0.25) is 0 Å². The van der Waals surface area contributed by atoms with Crippen molar-refractivity contribution in [2.45, 2.75) is 75.1 Å². The third-order valence-corrected chi connectivity index (χ3v) is 13.9. The zero-order chi connectivity index (χ0) is 45.2. The lowest BCUT2D eigenvalue weighted by Gasteiger charge is -2.22. The van der Waals surface area contributed by atoms with Gasteiger partial charge in [0.1, 0.15) is 12.5 Å². The van der Waals surface area contributed by atoms with E-state index in [0.29, 0.717) is 90.3 Å². The highest BCUT2D eigenvalue weighted by Gasteiger charge is 2.37. The van der Waals surface area contributed by atoms with E-state index in [-0.39, 0.29) is 49.1 Å². The molecule has 2 aliphatic carbocycles. The largest absolute Gasteiger partial charge is 0.472 e. The van der Waals surface area contributed by atoms with E-state index in [2.05, 4.69) is 76.4 Å². The second kappa shape index (κ2) is 29.3. The third kappa shape index (κ3) is 21.1. The molecule has 349 valence electrons. The van der Waals surface area contributed by atoms with Crippen LogP contribution in [-0.4, -0.2) is 139 Å². The summed E-state index contributed by atoms with van der Waals surface area (Å²) in [7, 11) is 1.99. The van der Waals surface area contributed by atoms with Gasteiger partial charge in [-0.3, -0.25) is 9.05 Å². The molecule has 3 amide bonds. The number of ether oxygens (including phenoxy) is 7. The van der Waals surface area contributed by atoms with Gasteiger partial charge in [0.25, 0.3) is 7.28 Å². The molecule has 3 unspecified atom stereocenters. The summed E-state index contributed by atoms with van der Waals surface area (Å²) >= 11 is 0. The van der Waals surface area contributed by atoms with E-state index >= 15 is 0 Å². The van der Waals surface area contributed by atoms with Crippen LogP contribution in [0.5, 0.6) is 0 Å². The lowest BCUT2D eigenvalue weighted by atomic mass is 9.71. The van der Waals surface area contributed by atoms with Gasteiger partial charge in [-0.25, -0.2) is 18.9 Å². The first-order valence-electron chi connectivity index (χ1n) is 21.2. The highest BCUT2D eigenvalue weighted by Crippen LogP contribution is 2.49. The molecular weight excluding hydrogens is 876 g/mol. The molecule has 1 fully saturated rings. The van der Waals surface area contributed by atoms with Gasteiger partial charge < -0.3 is 54.0 Å². The summed E-state index contributed by atoms with van der Waals surface area (Å²) in [5.41, 5.74) is 3.80. The van der Waals surface area contributed by atoms with Crippen LogP contribution in [0.15, 0.2) is 42.5 Å². The van der Waals surface area contributed by atoms with Gasteiger partial charge in [-0.1, -0.05) is 70.0 Å². The quantitative estimate of drug-likeness (QED) is 0.0134. The Bertz CT molecular complexity index is 1750. The number of alkyl carbamates (subject to hydrolysis) is 3. The number of rotatable bonds is 29. The number of amides is 3. The molecule has 5 atom stereocenters. The Morgan fingerprint density at radius 1 is 0.905 bits per heavy atom. The van der Waals surface area contributed by atoms with Crippen molar-refractivity contribution in [2.75, 3.05) is 92.1 Å². The van der Waals surface area contributed by atoms with Crippen LogP contribution in [-0.2, 0) is 46.8 Å². The first kappa shape index (κ1) is 52.4. The molecule has 1 aliphatic heterocycles. The second-order valence-corrected chi connectivity index (χ2v) is 19.7. The van der Waals surface area contributed by atoms with Gasteiger partial charge in [-0.05, 0) is 75.0 Å². The van der Waals surface area contributed by atoms with Crippen LogP contribution in [0.1, 0.15) is 69.4 Å². The number of benzene rings is 1. The molecule has 1 aromatic rings. The number of unbranched alkanes of at least 4 members (excludes halogenated alkanes) is 1. The molecule has 21 heteroatoms. The number of carbonyl (C=O) groups excluding carboxylic acids is 3. The molecule has 1 heterocycles. The number of carbonyl (C=O) groups is 3. The van der Waals surface area contributed by atoms with Crippen LogP contribution in [0.4, 0.5) is 14.4 Å². The van der Waals surface area contributed by atoms with E-state index in [4.69, 9.17) is 37.7 Å². The molecule has 0 spiro atoms. The minimum Gasteiger partial charge on any atom is -0.450 e. The van der Waals surface area contributed by atoms with Crippen LogP contribution >= 0.6 is 29.4 Å². The Labute approximate surface area is 379 Å². The first-order chi connectivity index (χ1) is 30.5. The summed E-state index contributed by atoms with van der Waals surface area (Å²) in [4.78, 5) is 45.6. The first-order valence-corrected chi connectivity index (χ1v) is 25.0. The van der Waals surface area contributed by atoms with Crippen LogP contribution in [0.3, 0.4) is 0 Å². The van der Waals surface area contributed by atoms with Crippen LogP contribution in [0.25, 0.3) is 5.57 Å². The molecule has 17 nitrogen and oxygen atoms in total. The van der Waals surface area contributed by atoms with Crippen molar-refractivity contribution in [2.24, 2.45) is 5.92 Å². The molecule has 1 radical (unpaired) electrons. The number of phosphoric acid groups is 1. The Hall–Kier alpha value is -3.22. The molecule has 0 saturated carbocycles. The predicted molar refractivity (Wildman–Crippen MR) is 242 cm³/mol. The summed E-state index contributed by atoms with van der Waals surface area (Å²) in [6.07, 6.45) is 8.95. The van der Waals surface area contributed by atoms with Gasteiger partial charge in [0, 0.05) is 43.5 Å². The highest BCUT2D eigenvalue weighted by atomic mass is 33.1. The monoisotopic (exact) mass is 938 g/mol. The Balaban J connectivity index is 0.863. The van der Waals surface area contributed by atoms with Crippen molar-refractivity contribution in [3.63, 3.8) is 0 Å². The smallest absolute Gasteiger partial charge is 0.450 e. The predicted octanol–water partition coefficient (Wildman–Crippen LogP) is 6.19. The maximum atomic E-state index is 12.3. The van der Waals surface area contributed by atoms with Crippen LogP contribution in [0.2, 0.25) is 0 Å². The van der Waals surface area contributed by atoms with E-state index in [9.17, 15) is 23.8 Å². The average molecular weight is 939 g/mol. The normalized spacial score (nSPS) is 19.7. The molecule has 1 saturated heterocycles. The van der Waals surface area contributed by atoms with Crippen LogP contribution < -0.4 is 16.0 Å². The second-order valence-electron chi connectivity index (χ2n) is 15.1. The number of hydrogen-bond donors (Lipinski definition) is 4. The fourth-order valence-electron chi connectivity index (χ4n) is 6.62. The molecule has 4 rings (SSSR count). The van der Waals surface area contributed by atoms with Crippen LogP contribution in [0, 0.1) is 17.7 Å². The summed E-state index contributed by atoms with van der Waals surface area (Å²) in [5.74, 6) is 6.62. The molecule has 0 aromatic heterocycles. The van der Waals surface area contributed by atoms with E-state index in [1.807, 2.05) is 12.1 Å². The van der Waals surface area contributed by atoms with Gasteiger partial charge in [-0.15, -0.1) is 0 Å². The summed E-state index contributed by atoms with van der Waals surface area (Å²) in [6.45, 7) is 7.59. The molecule has 4 N–H and O–H groups in total. The van der Waals surface area contributed by atoms with E-state index in [1.54, 1.807) is 28.9 Å². The molecule has 1 aromatic carbocycles. The minimum absolute atomic E-state index is 0.0466. The number of hydrogen-bond acceptors (Lipinski definition) is 15. The maximum Gasteiger partial charge on any atom is 0.472 e. The van der Waals surface area contributed by atoms with Crippen molar-refractivity contribution >= 4 is 60.5 Å². The summed E-state index contributed by atoms with van der Waals surface area (Å²) in [5, 5.41) is 7.99. The molecule has 3 aliphatic rings. The lowest BCUT2D eigenvalue weighted by Crippen LogP contribution is -2.30. The van der Waals surface area contributed by atoms with Gasteiger partial charge >= 0.3 is 26.1 Å². The third-order valence-electron chi connectivity index (χ3n) is 9.91. The topological polar surface area (TPSA) is 208 Å². The van der Waals surface area contributed by atoms with Crippen molar-refractivity contribution in [3.05, 3.63) is 53.6 Å². The Kier molecular flexibility index (Phi) is 24.4. The van der Waals surface area contributed by atoms with Crippen molar-refractivity contribution < 1.29 is 66.0 Å². The number of phosphoric ester groups is 1. The minimum atomic E-state index is -4.03. The molecular formula is C42H62BN3O14PS2. The summed E-state index contributed by atoms with van der Waals surface area (Å²) in [6, 6.07) is 8.11. The maximum absolute atomic E-state index is 12.3. The van der Waals surface area contributed by atoms with Gasteiger partial charge in [-0.2, -0.15) is 5.82 Å². The lowest BCUT2D eigenvalue weighted by molar-refractivity contribution is 0.0372. The molecule has 63 heavy (non-hydrogen) atoms. The van der Waals surface area contributed by atoms with Crippen molar-refractivity contribution in [1.29, 1.82) is 0 Å². The van der Waals surface area contributed by atoms with E-state index < -0.39 is 26.1 Å². The Morgan fingerprint density at radius 3 is 2.40 bits per heavy atom. The number of allylic oxidation sites excluding steroid dienone is 4. The molecule has 0 bridgehead atoms. The zero-order valence-electron chi connectivity index (χ0n) is 36.4. The standard InChI is InChI=1S/C42H62BN3O14PS2/c1-42(2,63-62-31-55-22-8-9-23-56-39(47)44-19-10-18-43-38-16-15-32(60-38)29-59-61(50,51)52-3)17-24-57-40(48)45-20-25-53-27-28-54-26-21-46-41(49)58-30-37-35-13-6-4-11-33(35)34-12-5-7-14-36(34)37/h4-7,11-13,32,36-38H,8-9,14-17,19-31H2,1-3H3,(H,44,47)(H,45,48)(H,46,49)(H,50,51)/t32-,36?,37?,38+/m0/s1. The van der Waals surface area contributed by atoms with Gasteiger partial charge in [0.15, 0.2) is 0 Å². The number of fused-ring (bicyclic) bond motifs is 3. The fourth-order valence-corrected chi connectivity index (χ4v) is 9.36. The summed E-state index contributed by atoms with van der Waals surface area (Å²) < 4.78 is 58.9. The van der Waals surface area contributed by atoms with Gasteiger partial charge in [0.05, 0.1) is 58.9 Å². The average Bonchev–Trinajstić information content (AvgIpc) is 3.86. The Morgan fingerprint density at radius 2 is 1.62 bits per heavy atom. The number of nitrogens with one attached hydrogen (secondary N) is 3. The van der Waals surface area contributed by atoms with E-state index in [1.165, 1.54) is 16.7 Å².